The summed E-state index contributed by atoms with van der Waals surface area (Å²) in [4.78, 5) is 14.7. The molecule has 0 amide bonds. The lowest BCUT2D eigenvalue weighted by molar-refractivity contribution is -0.135. The summed E-state index contributed by atoms with van der Waals surface area (Å²) in [5.41, 5.74) is 5.21. The molecule has 5 heteroatoms. The predicted molar refractivity (Wildman–Crippen MR) is 118 cm³/mol. The molecule has 1 N–H and O–H groups in total. The van der Waals surface area contributed by atoms with Crippen LogP contribution in [0.3, 0.4) is 0 Å². The zero-order chi connectivity index (χ0) is 22.0. The molecule has 0 atom stereocenters. The summed E-state index contributed by atoms with van der Waals surface area (Å²) in [6.45, 7) is 8.96. The van der Waals surface area contributed by atoms with Crippen LogP contribution in [0, 0.1) is 12.4 Å². The highest BCUT2D eigenvalue weighted by atomic mass is 19.1. The largest absolute Gasteiger partial charge is 0.481 e. The number of benzene rings is 3. The molecule has 31 heavy (non-hydrogen) atoms. The normalized spacial score (nSPS) is 13.8. The van der Waals surface area contributed by atoms with Crippen molar-refractivity contribution >= 4 is 28.9 Å². The van der Waals surface area contributed by atoms with Gasteiger partial charge in [-0.1, -0.05) is 30.3 Å². The fraction of sp³-hybridized carbons (Fsp3) is 0.0769. The van der Waals surface area contributed by atoms with Gasteiger partial charge in [0.1, 0.15) is 17.3 Å². The molecule has 0 saturated heterocycles. The zero-order valence-corrected chi connectivity index (χ0v) is 16.7. The van der Waals surface area contributed by atoms with Crippen molar-refractivity contribution in [1.82, 2.24) is 0 Å². The van der Waals surface area contributed by atoms with Crippen molar-refractivity contribution in [1.29, 1.82) is 0 Å². The number of ether oxygens (including phenoxy) is 1. The highest BCUT2D eigenvalue weighted by Crippen LogP contribution is 2.43. The quantitative estimate of drug-likeness (QED) is 0.461. The van der Waals surface area contributed by atoms with Crippen LogP contribution in [0.2, 0.25) is 0 Å². The third-order valence-corrected chi connectivity index (χ3v) is 5.16. The lowest BCUT2D eigenvalue weighted by Gasteiger charge is -2.07. The Bertz CT molecular complexity index is 1280. The maximum atomic E-state index is 13.8. The minimum absolute atomic E-state index is 0.157. The number of aliphatic carboxylic acids is 1. The number of fused-ring (bicyclic) bond motifs is 1. The average Bonchev–Trinajstić information content (AvgIpc) is 3.00. The number of rotatable bonds is 5. The van der Waals surface area contributed by atoms with Crippen LogP contribution in [0.5, 0.6) is 11.5 Å². The molecule has 0 aliphatic heterocycles. The maximum Gasteiger partial charge on any atom is 0.307 e. The van der Waals surface area contributed by atoms with Crippen molar-refractivity contribution in [3.63, 3.8) is 0 Å². The summed E-state index contributed by atoms with van der Waals surface area (Å²) in [5.74, 6) is -0.116. The third kappa shape index (κ3) is 4.24. The van der Waals surface area contributed by atoms with Crippen molar-refractivity contribution in [3.05, 3.63) is 106 Å². The Kier molecular flexibility index (Phi) is 5.38. The van der Waals surface area contributed by atoms with Gasteiger partial charge in [-0.3, -0.25) is 4.79 Å². The highest BCUT2D eigenvalue weighted by Gasteiger charge is 2.25. The van der Waals surface area contributed by atoms with Crippen molar-refractivity contribution in [2.75, 3.05) is 0 Å². The SMILES string of the molecule is [C-]#[N+]c1cccc(Oc2ccc(/C=C3/C(C)=C(CC(=O)O)c4cc(F)ccc43)cc2)c1. The molecule has 1 aliphatic carbocycles. The Balaban J connectivity index is 1.64. The molecule has 0 bridgehead atoms. The van der Waals surface area contributed by atoms with Gasteiger partial charge in [-0.25, -0.2) is 9.24 Å². The van der Waals surface area contributed by atoms with Gasteiger partial charge in [0, 0.05) is 0 Å². The number of hydrogen-bond donors (Lipinski definition) is 1. The minimum Gasteiger partial charge on any atom is -0.481 e. The van der Waals surface area contributed by atoms with Crippen molar-refractivity contribution in [3.8, 4) is 11.5 Å². The van der Waals surface area contributed by atoms with Gasteiger partial charge in [-0.05, 0) is 82.8 Å². The maximum absolute atomic E-state index is 13.8. The van der Waals surface area contributed by atoms with Crippen LogP contribution in [0.1, 0.15) is 30.0 Å². The molecule has 0 heterocycles. The molecular weight excluding hydrogens is 393 g/mol. The molecule has 0 fully saturated rings. The first kappa shape index (κ1) is 20.1. The Hall–Kier alpha value is -4.17. The van der Waals surface area contributed by atoms with Crippen LogP contribution in [-0.2, 0) is 4.79 Å². The number of nitrogens with zero attached hydrogens (tertiary/aromatic N) is 1. The Morgan fingerprint density at radius 3 is 2.55 bits per heavy atom. The van der Waals surface area contributed by atoms with E-state index in [0.717, 1.165) is 22.3 Å². The second kappa shape index (κ2) is 8.29. The second-order valence-electron chi connectivity index (χ2n) is 7.20. The Morgan fingerprint density at radius 1 is 1.06 bits per heavy atom. The molecule has 3 aromatic rings. The van der Waals surface area contributed by atoms with Crippen LogP contribution < -0.4 is 4.74 Å². The molecule has 0 radical (unpaired) electrons. The number of carboxylic acid groups (broad SMARTS) is 1. The standard InChI is InChI=1S/C26H18FNO3/c1-16-23(22-11-8-18(27)13-25(22)24(16)15-26(29)30)12-17-6-9-20(10-7-17)31-21-5-3-4-19(14-21)28-2/h3-14H,15H2,1H3,(H,29,30)/b23-12-. The molecule has 0 spiro atoms. The van der Waals surface area contributed by atoms with Crippen LogP contribution in [0.15, 0.2) is 72.3 Å². The van der Waals surface area contributed by atoms with Gasteiger partial charge in [0.2, 0.25) is 0 Å². The first-order valence-electron chi connectivity index (χ1n) is 9.64. The first-order valence-corrected chi connectivity index (χ1v) is 9.64. The van der Waals surface area contributed by atoms with Crippen LogP contribution in [0.4, 0.5) is 10.1 Å². The summed E-state index contributed by atoms with van der Waals surface area (Å²) >= 11 is 0. The van der Waals surface area contributed by atoms with Gasteiger partial charge in [0.15, 0.2) is 5.69 Å². The van der Waals surface area contributed by atoms with E-state index in [1.807, 2.05) is 37.3 Å². The summed E-state index contributed by atoms with van der Waals surface area (Å²) in [6.07, 6.45) is 1.81. The van der Waals surface area contributed by atoms with E-state index in [-0.39, 0.29) is 12.2 Å². The highest BCUT2D eigenvalue weighted by molar-refractivity contribution is 6.07. The van der Waals surface area contributed by atoms with Gasteiger partial charge in [0.25, 0.3) is 0 Å². The molecule has 4 rings (SSSR count). The van der Waals surface area contributed by atoms with E-state index in [4.69, 9.17) is 11.3 Å². The van der Waals surface area contributed by atoms with E-state index >= 15 is 0 Å². The molecule has 3 aromatic carbocycles. The number of allylic oxidation sites excluding steroid dienone is 2. The van der Waals surface area contributed by atoms with Gasteiger partial charge in [-0.15, -0.1) is 0 Å². The number of hydrogen-bond acceptors (Lipinski definition) is 2. The summed E-state index contributed by atoms with van der Waals surface area (Å²) in [5, 5.41) is 9.27. The Labute approximate surface area is 179 Å². The van der Waals surface area contributed by atoms with E-state index in [9.17, 15) is 14.3 Å². The average molecular weight is 411 g/mol. The number of carbonyl (C=O) groups is 1. The van der Waals surface area contributed by atoms with E-state index in [1.54, 1.807) is 30.3 Å². The lowest BCUT2D eigenvalue weighted by Crippen LogP contribution is -1.97. The first-order chi connectivity index (χ1) is 14.9. The fourth-order valence-electron chi connectivity index (χ4n) is 3.68. The van der Waals surface area contributed by atoms with Crippen LogP contribution in [-0.4, -0.2) is 11.1 Å². The number of carboxylic acids is 1. The minimum atomic E-state index is -0.949. The van der Waals surface area contributed by atoms with Crippen molar-refractivity contribution < 1.29 is 19.0 Å². The monoisotopic (exact) mass is 411 g/mol. The summed E-state index contributed by atoms with van der Waals surface area (Å²) < 4.78 is 19.6. The molecule has 0 saturated carbocycles. The van der Waals surface area contributed by atoms with Crippen LogP contribution in [0.25, 0.3) is 22.1 Å². The molecular formula is C26H18FNO3. The summed E-state index contributed by atoms with van der Waals surface area (Å²) in [7, 11) is 0. The molecule has 0 aromatic heterocycles. The van der Waals surface area contributed by atoms with E-state index in [2.05, 4.69) is 4.85 Å². The predicted octanol–water partition coefficient (Wildman–Crippen LogP) is 6.97. The zero-order valence-electron chi connectivity index (χ0n) is 16.7. The molecule has 1 aliphatic rings. The smallest absolute Gasteiger partial charge is 0.307 e. The number of halogens is 1. The van der Waals surface area contributed by atoms with Crippen molar-refractivity contribution in [2.45, 2.75) is 13.3 Å². The lowest BCUT2D eigenvalue weighted by atomic mass is 10.0. The Morgan fingerprint density at radius 2 is 1.84 bits per heavy atom. The van der Waals surface area contributed by atoms with Crippen LogP contribution >= 0.6 is 0 Å². The topological polar surface area (TPSA) is 50.9 Å². The van der Waals surface area contributed by atoms with E-state index < -0.39 is 5.97 Å². The third-order valence-electron chi connectivity index (χ3n) is 5.16. The van der Waals surface area contributed by atoms with Gasteiger partial charge < -0.3 is 9.84 Å². The second-order valence-corrected chi connectivity index (χ2v) is 7.20. The van der Waals surface area contributed by atoms with Gasteiger partial charge >= 0.3 is 5.97 Å². The van der Waals surface area contributed by atoms with Gasteiger partial charge in [-0.2, -0.15) is 0 Å². The fourth-order valence-corrected chi connectivity index (χ4v) is 3.68. The van der Waals surface area contributed by atoms with E-state index in [0.29, 0.717) is 28.3 Å². The molecule has 152 valence electrons. The van der Waals surface area contributed by atoms with Gasteiger partial charge in [0.05, 0.1) is 13.0 Å². The molecule has 0 unspecified atom stereocenters. The molecule has 4 nitrogen and oxygen atoms in total. The van der Waals surface area contributed by atoms with Crippen molar-refractivity contribution in [2.24, 2.45) is 0 Å². The van der Waals surface area contributed by atoms with E-state index in [1.165, 1.54) is 12.1 Å². The summed E-state index contributed by atoms with van der Waals surface area (Å²) in [6, 6.07) is 18.9.